The van der Waals surface area contributed by atoms with Crippen molar-refractivity contribution in [2.45, 2.75) is 52.0 Å². The molecular formula is C13H26N2. The lowest BCUT2D eigenvalue weighted by atomic mass is 9.70. The maximum Gasteiger partial charge on any atom is 0.0107 e. The van der Waals surface area contributed by atoms with Gasteiger partial charge in [0.05, 0.1) is 0 Å². The van der Waals surface area contributed by atoms with Gasteiger partial charge in [0.2, 0.25) is 0 Å². The molecule has 1 heterocycles. The number of nitrogens with one attached hydrogen (secondary N) is 1. The zero-order valence-electron chi connectivity index (χ0n) is 10.4. The van der Waals surface area contributed by atoms with Crippen molar-refractivity contribution in [1.82, 2.24) is 10.2 Å². The molecule has 0 aromatic heterocycles. The first-order valence-corrected chi connectivity index (χ1v) is 6.68. The van der Waals surface area contributed by atoms with Crippen molar-refractivity contribution >= 4 is 0 Å². The van der Waals surface area contributed by atoms with E-state index >= 15 is 0 Å². The van der Waals surface area contributed by atoms with E-state index in [0.29, 0.717) is 5.41 Å². The van der Waals surface area contributed by atoms with E-state index in [-0.39, 0.29) is 0 Å². The quantitative estimate of drug-likeness (QED) is 0.768. The van der Waals surface area contributed by atoms with Gasteiger partial charge in [0, 0.05) is 25.7 Å². The molecule has 2 rings (SSSR count). The summed E-state index contributed by atoms with van der Waals surface area (Å²) < 4.78 is 0. The Morgan fingerprint density at radius 2 is 2.13 bits per heavy atom. The Bertz CT molecular complexity index is 199. The van der Waals surface area contributed by atoms with Gasteiger partial charge in [-0.3, -0.25) is 0 Å². The van der Waals surface area contributed by atoms with Gasteiger partial charge in [0.15, 0.2) is 0 Å². The second-order valence-electron chi connectivity index (χ2n) is 5.79. The summed E-state index contributed by atoms with van der Waals surface area (Å²) in [4.78, 5) is 2.68. The number of hydrogen-bond donors (Lipinski definition) is 1. The Balaban J connectivity index is 1.78. The smallest absolute Gasteiger partial charge is 0.0107 e. The summed E-state index contributed by atoms with van der Waals surface area (Å²) in [5.41, 5.74) is 0.659. The zero-order valence-corrected chi connectivity index (χ0v) is 10.4. The van der Waals surface area contributed by atoms with Crippen LogP contribution in [-0.4, -0.2) is 37.1 Å². The molecule has 1 N–H and O–H groups in total. The van der Waals surface area contributed by atoms with Gasteiger partial charge >= 0.3 is 0 Å². The molecule has 1 saturated heterocycles. The molecule has 15 heavy (non-hydrogen) atoms. The van der Waals surface area contributed by atoms with Crippen LogP contribution >= 0.6 is 0 Å². The summed E-state index contributed by atoms with van der Waals surface area (Å²) in [7, 11) is 0. The van der Waals surface area contributed by atoms with Gasteiger partial charge in [-0.05, 0) is 37.6 Å². The monoisotopic (exact) mass is 210 g/mol. The molecule has 1 aliphatic heterocycles. The van der Waals surface area contributed by atoms with Crippen LogP contribution in [0.1, 0.15) is 46.0 Å². The molecule has 1 unspecified atom stereocenters. The third-order valence-corrected chi connectivity index (χ3v) is 4.31. The predicted molar refractivity (Wildman–Crippen MR) is 65.1 cm³/mol. The minimum atomic E-state index is 0.659. The van der Waals surface area contributed by atoms with Crippen molar-refractivity contribution in [1.29, 1.82) is 0 Å². The van der Waals surface area contributed by atoms with Gasteiger partial charge < -0.3 is 10.2 Å². The molecule has 2 aliphatic rings. The summed E-state index contributed by atoms with van der Waals surface area (Å²) in [5.74, 6) is 0. The van der Waals surface area contributed by atoms with Gasteiger partial charge in [-0.15, -0.1) is 0 Å². The average molecular weight is 210 g/mol. The van der Waals surface area contributed by atoms with Crippen LogP contribution in [0.15, 0.2) is 0 Å². The summed E-state index contributed by atoms with van der Waals surface area (Å²) in [6.07, 6.45) is 6.99. The van der Waals surface area contributed by atoms with Crippen LogP contribution in [-0.2, 0) is 0 Å². The van der Waals surface area contributed by atoms with E-state index in [0.717, 1.165) is 6.04 Å². The molecule has 0 spiro atoms. The highest BCUT2D eigenvalue weighted by molar-refractivity contribution is 4.87. The molecule has 0 amide bonds. The molecule has 1 atom stereocenters. The van der Waals surface area contributed by atoms with Crippen molar-refractivity contribution in [3.8, 4) is 0 Å². The first-order chi connectivity index (χ1) is 7.22. The highest BCUT2D eigenvalue weighted by Gasteiger charge is 2.33. The van der Waals surface area contributed by atoms with Crippen molar-refractivity contribution in [2.24, 2.45) is 5.41 Å². The van der Waals surface area contributed by atoms with E-state index in [1.165, 1.54) is 58.3 Å². The average Bonchev–Trinajstić information content (AvgIpc) is 2.41. The van der Waals surface area contributed by atoms with Crippen LogP contribution in [0.25, 0.3) is 0 Å². The van der Waals surface area contributed by atoms with E-state index in [4.69, 9.17) is 0 Å². The zero-order chi connectivity index (χ0) is 10.7. The van der Waals surface area contributed by atoms with E-state index in [2.05, 4.69) is 24.1 Å². The van der Waals surface area contributed by atoms with E-state index in [1.54, 1.807) is 0 Å². The maximum absolute atomic E-state index is 3.64. The van der Waals surface area contributed by atoms with Crippen LogP contribution in [0.4, 0.5) is 0 Å². The largest absolute Gasteiger partial charge is 0.313 e. The van der Waals surface area contributed by atoms with Crippen LogP contribution in [0.5, 0.6) is 0 Å². The van der Waals surface area contributed by atoms with Gasteiger partial charge in [-0.25, -0.2) is 0 Å². The normalized spacial score (nSPS) is 32.0. The third kappa shape index (κ3) is 2.94. The van der Waals surface area contributed by atoms with Crippen molar-refractivity contribution in [3.63, 3.8) is 0 Å². The fourth-order valence-electron chi connectivity index (χ4n) is 2.96. The van der Waals surface area contributed by atoms with Gasteiger partial charge in [-0.2, -0.15) is 0 Å². The SMILES string of the molecule is CCC1CCN(CC2(C)CCC2)CCN1. The fourth-order valence-corrected chi connectivity index (χ4v) is 2.96. The molecule has 0 radical (unpaired) electrons. The van der Waals surface area contributed by atoms with E-state index in [1.807, 2.05) is 0 Å². The Kier molecular flexibility index (Phi) is 3.68. The van der Waals surface area contributed by atoms with Gasteiger partial charge in [0.1, 0.15) is 0 Å². The molecule has 2 fully saturated rings. The lowest BCUT2D eigenvalue weighted by Gasteiger charge is -2.42. The summed E-state index contributed by atoms with van der Waals surface area (Å²) >= 11 is 0. The Hall–Kier alpha value is -0.0800. The van der Waals surface area contributed by atoms with Crippen LogP contribution in [0.2, 0.25) is 0 Å². The molecule has 0 aromatic rings. The molecule has 1 aliphatic carbocycles. The van der Waals surface area contributed by atoms with Gasteiger partial charge in [0.25, 0.3) is 0 Å². The molecule has 0 aromatic carbocycles. The van der Waals surface area contributed by atoms with Crippen LogP contribution in [0, 0.1) is 5.41 Å². The number of nitrogens with zero attached hydrogens (tertiary/aromatic N) is 1. The fraction of sp³-hybridized carbons (Fsp3) is 1.00. The summed E-state index contributed by atoms with van der Waals surface area (Å²) in [6.45, 7) is 9.85. The molecule has 1 saturated carbocycles. The Labute approximate surface area is 94.4 Å². The van der Waals surface area contributed by atoms with Crippen molar-refractivity contribution in [3.05, 3.63) is 0 Å². The molecule has 2 heteroatoms. The third-order valence-electron chi connectivity index (χ3n) is 4.31. The van der Waals surface area contributed by atoms with E-state index < -0.39 is 0 Å². The Morgan fingerprint density at radius 3 is 2.73 bits per heavy atom. The second-order valence-corrected chi connectivity index (χ2v) is 5.79. The Morgan fingerprint density at radius 1 is 1.33 bits per heavy atom. The second kappa shape index (κ2) is 4.84. The van der Waals surface area contributed by atoms with E-state index in [9.17, 15) is 0 Å². The lowest BCUT2D eigenvalue weighted by molar-refractivity contribution is 0.0885. The summed E-state index contributed by atoms with van der Waals surface area (Å²) in [5, 5.41) is 3.64. The highest BCUT2D eigenvalue weighted by atomic mass is 15.2. The maximum atomic E-state index is 3.64. The number of hydrogen-bond acceptors (Lipinski definition) is 2. The molecular weight excluding hydrogens is 184 g/mol. The van der Waals surface area contributed by atoms with Crippen LogP contribution < -0.4 is 5.32 Å². The minimum absolute atomic E-state index is 0.659. The standard InChI is InChI=1S/C13H26N2/c1-3-12-5-9-15(10-8-14-12)11-13(2)6-4-7-13/h12,14H,3-11H2,1-2H3. The molecule has 88 valence electrons. The predicted octanol–water partition coefficient (Wildman–Crippen LogP) is 2.25. The highest BCUT2D eigenvalue weighted by Crippen LogP contribution is 2.40. The topological polar surface area (TPSA) is 15.3 Å². The summed E-state index contributed by atoms with van der Waals surface area (Å²) in [6, 6.07) is 0.768. The van der Waals surface area contributed by atoms with Crippen molar-refractivity contribution in [2.75, 3.05) is 26.2 Å². The van der Waals surface area contributed by atoms with Crippen molar-refractivity contribution < 1.29 is 0 Å². The van der Waals surface area contributed by atoms with Gasteiger partial charge in [-0.1, -0.05) is 20.3 Å². The number of rotatable bonds is 3. The first kappa shape index (κ1) is 11.4. The van der Waals surface area contributed by atoms with Crippen LogP contribution in [0.3, 0.4) is 0 Å². The minimum Gasteiger partial charge on any atom is -0.313 e. The lowest BCUT2D eigenvalue weighted by Crippen LogP contribution is -2.41. The molecule has 2 nitrogen and oxygen atoms in total. The molecule has 0 bridgehead atoms. The first-order valence-electron chi connectivity index (χ1n) is 6.68.